The fraction of sp³-hybridized carbons (Fsp3) is 0.875. The van der Waals surface area contributed by atoms with Crippen molar-refractivity contribution in [1.29, 1.82) is 5.26 Å². The molecule has 2 aliphatic carbocycles. The largest absolute Gasteiger partial charge is 0.377 e. The second kappa shape index (κ2) is 4.96. The average molecular weight is 291 g/mol. The molecule has 116 valence electrons. The van der Waals surface area contributed by atoms with Gasteiger partial charge in [-0.2, -0.15) is 5.26 Å². The van der Waals surface area contributed by atoms with Crippen LogP contribution in [0.1, 0.15) is 46.0 Å². The maximum Gasteiger partial charge on any atom is 0.241 e. The van der Waals surface area contributed by atoms with Gasteiger partial charge in [0, 0.05) is 24.0 Å². The summed E-state index contributed by atoms with van der Waals surface area (Å²) in [5.41, 5.74) is 5.34. The molecule has 1 saturated heterocycles. The molecule has 0 aromatic carbocycles. The number of amides is 1. The number of fused-ring (bicyclic) bond motifs is 1. The zero-order valence-corrected chi connectivity index (χ0v) is 12.9. The third kappa shape index (κ3) is 1.92. The van der Waals surface area contributed by atoms with Crippen LogP contribution in [0.15, 0.2) is 0 Å². The van der Waals surface area contributed by atoms with Gasteiger partial charge in [-0.1, -0.05) is 13.8 Å². The van der Waals surface area contributed by atoms with Crippen LogP contribution in [0.3, 0.4) is 0 Å². The molecule has 0 aromatic rings. The van der Waals surface area contributed by atoms with Gasteiger partial charge in [-0.3, -0.25) is 4.79 Å². The van der Waals surface area contributed by atoms with Gasteiger partial charge in [0.05, 0.1) is 18.1 Å². The molecule has 5 unspecified atom stereocenters. The normalized spacial score (nSPS) is 44.3. The van der Waals surface area contributed by atoms with Crippen molar-refractivity contribution in [3.05, 3.63) is 0 Å². The fourth-order valence-corrected chi connectivity index (χ4v) is 4.61. The molecule has 5 nitrogen and oxygen atoms in total. The van der Waals surface area contributed by atoms with Crippen LogP contribution in [-0.2, 0) is 9.53 Å². The Kier molecular flexibility index (Phi) is 3.50. The summed E-state index contributed by atoms with van der Waals surface area (Å²) in [6.07, 6.45) is 4.75. The molecular formula is C16H25N3O2. The molecule has 21 heavy (non-hydrogen) atoms. The van der Waals surface area contributed by atoms with E-state index in [4.69, 9.17) is 15.7 Å². The lowest BCUT2D eigenvalue weighted by atomic mass is 9.46. The van der Waals surface area contributed by atoms with Crippen molar-refractivity contribution in [3.63, 3.8) is 0 Å². The van der Waals surface area contributed by atoms with Gasteiger partial charge in [-0.15, -0.1) is 0 Å². The summed E-state index contributed by atoms with van der Waals surface area (Å²) in [5, 5.41) is 12.2. The average Bonchev–Trinajstić information content (AvgIpc) is 2.93. The fourth-order valence-electron chi connectivity index (χ4n) is 4.61. The highest BCUT2D eigenvalue weighted by atomic mass is 16.5. The summed E-state index contributed by atoms with van der Waals surface area (Å²) in [7, 11) is 0. The Hall–Kier alpha value is -1.12. The molecule has 1 amide bonds. The van der Waals surface area contributed by atoms with Gasteiger partial charge < -0.3 is 15.8 Å². The number of nitrogens with zero attached hydrogens (tertiary/aromatic N) is 1. The first-order valence-corrected chi connectivity index (χ1v) is 8.04. The number of rotatable bonds is 2. The highest BCUT2D eigenvalue weighted by Gasteiger charge is 2.70. The Morgan fingerprint density at radius 2 is 2.10 bits per heavy atom. The van der Waals surface area contributed by atoms with E-state index >= 15 is 0 Å². The summed E-state index contributed by atoms with van der Waals surface area (Å²) in [6.45, 7) is 4.81. The van der Waals surface area contributed by atoms with Crippen molar-refractivity contribution in [2.75, 3.05) is 6.61 Å². The lowest BCUT2D eigenvalue weighted by Gasteiger charge is -2.65. The smallest absolute Gasteiger partial charge is 0.241 e. The molecular weight excluding hydrogens is 266 g/mol. The van der Waals surface area contributed by atoms with E-state index in [1.54, 1.807) is 0 Å². The van der Waals surface area contributed by atoms with Crippen molar-refractivity contribution >= 4 is 5.91 Å². The van der Waals surface area contributed by atoms with E-state index < -0.39 is 5.54 Å². The van der Waals surface area contributed by atoms with Crippen molar-refractivity contribution in [1.82, 2.24) is 5.32 Å². The zero-order chi connectivity index (χ0) is 15.3. The van der Waals surface area contributed by atoms with Crippen LogP contribution in [0.5, 0.6) is 0 Å². The Morgan fingerprint density at radius 3 is 2.81 bits per heavy atom. The van der Waals surface area contributed by atoms with E-state index in [0.717, 1.165) is 38.7 Å². The first-order valence-electron chi connectivity index (χ1n) is 8.04. The van der Waals surface area contributed by atoms with E-state index in [2.05, 4.69) is 11.4 Å². The van der Waals surface area contributed by atoms with Gasteiger partial charge >= 0.3 is 0 Å². The van der Waals surface area contributed by atoms with Crippen LogP contribution >= 0.6 is 0 Å². The Morgan fingerprint density at radius 1 is 1.33 bits per heavy atom. The summed E-state index contributed by atoms with van der Waals surface area (Å²) in [4.78, 5) is 12.8. The van der Waals surface area contributed by atoms with Crippen molar-refractivity contribution in [2.45, 2.75) is 63.6 Å². The van der Waals surface area contributed by atoms with Crippen LogP contribution in [0.25, 0.3) is 0 Å². The highest BCUT2D eigenvalue weighted by molar-refractivity contribution is 5.89. The molecule has 3 rings (SSSR count). The molecule has 0 radical (unpaired) electrons. The molecule has 2 saturated carbocycles. The minimum Gasteiger partial charge on any atom is -0.377 e. The Bertz CT molecular complexity index is 484. The van der Waals surface area contributed by atoms with Gasteiger partial charge in [0.15, 0.2) is 0 Å². The number of nitriles is 1. The molecule has 3 N–H and O–H groups in total. The quantitative estimate of drug-likeness (QED) is 0.803. The van der Waals surface area contributed by atoms with Gasteiger partial charge in [0.25, 0.3) is 0 Å². The SMILES string of the molecule is CC1(C)C2OCCCC2C1(N)C(=O)NC1CCCC1C#N. The summed E-state index contributed by atoms with van der Waals surface area (Å²) in [5.74, 6) is -0.0614. The molecule has 3 aliphatic rings. The lowest BCUT2D eigenvalue weighted by molar-refractivity contribution is -0.225. The zero-order valence-electron chi connectivity index (χ0n) is 12.9. The van der Waals surface area contributed by atoms with E-state index in [1.807, 2.05) is 13.8 Å². The maximum atomic E-state index is 12.8. The first kappa shape index (κ1) is 14.8. The number of carbonyl (C=O) groups is 1. The minimum atomic E-state index is -0.874. The third-order valence-electron chi connectivity index (χ3n) is 6.06. The van der Waals surface area contributed by atoms with Crippen molar-refractivity contribution < 1.29 is 9.53 Å². The number of hydrogen-bond donors (Lipinski definition) is 2. The van der Waals surface area contributed by atoms with Crippen LogP contribution < -0.4 is 11.1 Å². The van der Waals surface area contributed by atoms with Crippen LogP contribution in [0.2, 0.25) is 0 Å². The van der Waals surface area contributed by atoms with Gasteiger partial charge in [0.2, 0.25) is 5.91 Å². The first-order chi connectivity index (χ1) is 9.92. The van der Waals surface area contributed by atoms with Crippen LogP contribution in [-0.4, -0.2) is 30.2 Å². The monoisotopic (exact) mass is 291 g/mol. The van der Waals surface area contributed by atoms with Crippen LogP contribution in [0.4, 0.5) is 0 Å². The molecule has 1 heterocycles. The summed E-state index contributed by atoms with van der Waals surface area (Å²) < 4.78 is 5.84. The van der Waals surface area contributed by atoms with E-state index in [0.29, 0.717) is 0 Å². The number of nitrogens with one attached hydrogen (secondary N) is 1. The minimum absolute atomic E-state index is 0.0396. The summed E-state index contributed by atoms with van der Waals surface area (Å²) >= 11 is 0. The number of ether oxygens (including phenoxy) is 1. The predicted octanol–water partition coefficient (Wildman–Crippen LogP) is 1.33. The van der Waals surface area contributed by atoms with Gasteiger partial charge in [-0.25, -0.2) is 0 Å². The molecule has 1 aliphatic heterocycles. The molecule has 0 spiro atoms. The molecule has 0 bridgehead atoms. The topological polar surface area (TPSA) is 88.1 Å². The standard InChI is InChI=1S/C16H25N3O2/c1-15(2)13-11(6-4-8-21-13)16(15,18)14(20)19-12-7-3-5-10(12)9-17/h10-13H,3-8,18H2,1-2H3,(H,19,20). The number of hydrogen-bond acceptors (Lipinski definition) is 4. The van der Waals surface area contributed by atoms with Crippen molar-refractivity contribution in [2.24, 2.45) is 23.0 Å². The molecule has 5 atom stereocenters. The summed E-state index contributed by atoms with van der Waals surface area (Å²) in [6, 6.07) is 2.26. The predicted molar refractivity (Wildman–Crippen MR) is 78.0 cm³/mol. The maximum absolute atomic E-state index is 12.8. The third-order valence-corrected chi connectivity index (χ3v) is 6.06. The lowest BCUT2D eigenvalue weighted by Crippen LogP contribution is -2.82. The van der Waals surface area contributed by atoms with E-state index in [1.165, 1.54) is 0 Å². The number of carbonyl (C=O) groups excluding carboxylic acids is 1. The Labute approximate surface area is 126 Å². The molecule has 3 fully saturated rings. The van der Waals surface area contributed by atoms with Gasteiger partial charge in [-0.05, 0) is 32.1 Å². The Balaban J connectivity index is 1.75. The number of nitrogens with two attached hydrogens (primary N) is 1. The second-order valence-electron chi connectivity index (χ2n) is 7.38. The van der Waals surface area contributed by atoms with Crippen LogP contribution in [0, 0.1) is 28.6 Å². The van der Waals surface area contributed by atoms with Gasteiger partial charge in [0.1, 0.15) is 5.54 Å². The molecule has 5 heteroatoms. The highest BCUT2D eigenvalue weighted by Crippen LogP contribution is 2.57. The van der Waals surface area contributed by atoms with Crippen molar-refractivity contribution in [3.8, 4) is 6.07 Å². The van der Waals surface area contributed by atoms with E-state index in [-0.39, 0.29) is 35.3 Å². The molecule has 0 aromatic heterocycles. The van der Waals surface area contributed by atoms with E-state index in [9.17, 15) is 4.79 Å². The second-order valence-corrected chi connectivity index (χ2v) is 7.38.